The molecule has 0 atom stereocenters. The van der Waals surface area contributed by atoms with Crippen LogP contribution in [0.25, 0.3) is 0 Å². The van der Waals surface area contributed by atoms with Crippen molar-refractivity contribution < 1.29 is 58.9 Å². The van der Waals surface area contributed by atoms with Crippen molar-refractivity contribution in [3.05, 3.63) is 93.1 Å². The Kier molecular flexibility index (Phi) is 13.8. The number of hydrogen-bond acceptors (Lipinski definition) is 0. The molecule has 0 heterocycles. The summed E-state index contributed by atoms with van der Waals surface area (Å²) in [6, 6.07) is 13.9. The zero-order chi connectivity index (χ0) is 18.1. The second-order valence-electron chi connectivity index (χ2n) is 7.88. The fraction of sp³-hybridized carbons (Fsp3) is 0.360. The van der Waals surface area contributed by atoms with Gasteiger partial charge in [-0.05, 0) is 38.8 Å². The van der Waals surface area contributed by atoms with E-state index in [1.807, 2.05) is 0 Å². The first-order valence-electron chi connectivity index (χ1n) is 9.32. The van der Waals surface area contributed by atoms with Crippen LogP contribution < -0.4 is 37.2 Å². The van der Waals surface area contributed by atoms with Crippen molar-refractivity contribution >= 4 is 0 Å². The number of benzene rings is 2. The predicted octanol–water partition coefficient (Wildman–Crippen LogP) is -2.22. The van der Waals surface area contributed by atoms with Crippen LogP contribution in [0.1, 0.15) is 59.6 Å². The number of halogens is 3. The van der Waals surface area contributed by atoms with E-state index in [1.165, 1.54) is 44.5 Å². The van der Waals surface area contributed by atoms with Gasteiger partial charge in [0.2, 0.25) is 0 Å². The Hall–Kier alpha value is -0.496. The SMILES string of the molecule is Cc1cc(C)cc(C(C2=[C-]CC=C2C(C)C)c2cc(C)cc(C)c2)c1.[Cl-].[Cl-].[Cl-].[Ti+4]. The van der Waals surface area contributed by atoms with Crippen LogP contribution in [0.5, 0.6) is 0 Å². The first-order valence-corrected chi connectivity index (χ1v) is 9.32. The normalized spacial score (nSPS) is 12.3. The Morgan fingerprint density at radius 3 is 1.41 bits per heavy atom. The molecule has 0 aromatic heterocycles. The summed E-state index contributed by atoms with van der Waals surface area (Å²) in [4.78, 5) is 0. The van der Waals surface area contributed by atoms with E-state index < -0.39 is 0 Å². The summed E-state index contributed by atoms with van der Waals surface area (Å²) in [5.41, 5.74) is 10.9. The summed E-state index contributed by atoms with van der Waals surface area (Å²) < 4.78 is 0. The monoisotopic (exact) mass is 482 g/mol. The Morgan fingerprint density at radius 2 is 1.07 bits per heavy atom. The molecular formula is C25H29Cl3Ti. The molecule has 0 saturated carbocycles. The molecule has 1 aliphatic carbocycles. The second kappa shape index (κ2) is 13.0. The standard InChI is InChI=1S/C25H29.3ClH.Ti/c1-16(2)23-8-7-9-24(23)25(21-12-17(3)10-18(4)13-21)22-14-19(5)11-20(6)15-22;;;;/h8,10-16,25H,7H2,1-6H3;3*1H;/q-1;;;;+4/p-3. The van der Waals surface area contributed by atoms with Gasteiger partial charge in [0.15, 0.2) is 0 Å². The summed E-state index contributed by atoms with van der Waals surface area (Å²) in [7, 11) is 0. The van der Waals surface area contributed by atoms with Gasteiger partial charge >= 0.3 is 21.7 Å². The molecule has 0 unspecified atom stereocenters. The van der Waals surface area contributed by atoms with Crippen molar-refractivity contribution in [2.24, 2.45) is 5.92 Å². The fourth-order valence-electron chi connectivity index (χ4n) is 4.18. The Labute approximate surface area is 210 Å². The molecule has 154 valence electrons. The van der Waals surface area contributed by atoms with E-state index in [2.05, 4.69) is 90.1 Å². The molecule has 0 radical (unpaired) electrons. The van der Waals surface area contributed by atoms with Crippen molar-refractivity contribution in [2.45, 2.75) is 53.9 Å². The first kappa shape index (κ1) is 30.7. The van der Waals surface area contributed by atoms with Gasteiger partial charge in [0.1, 0.15) is 0 Å². The third-order valence-corrected chi connectivity index (χ3v) is 4.99. The third kappa shape index (κ3) is 7.30. The predicted molar refractivity (Wildman–Crippen MR) is 108 cm³/mol. The van der Waals surface area contributed by atoms with Crippen molar-refractivity contribution in [2.75, 3.05) is 0 Å². The zero-order valence-electron chi connectivity index (χ0n) is 18.0. The maximum atomic E-state index is 3.69. The summed E-state index contributed by atoms with van der Waals surface area (Å²) >= 11 is 0. The molecule has 2 aromatic carbocycles. The van der Waals surface area contributed by atoms with Gasteiger partial charge in [0.25, 0.3) is 0 Å². The van der Waals surface area contributed by atoms with E-state index in [4.69, 9.17) is 0 Å². The van der Waals surface area contributed by atoms with Crippen molar-refractivity contribution in [3.8, 4) is 0 Å². The molecule has 2 aromatic rings. The number of aryl methyl sites for hydroxylation is 4. The topological polar surface area (TPSA) is 0 Å². The summed E-state index contributed by atoms with van der Waals surface area (Å²) in [5, 5.41) is 0. The number of hydrogen-bond donors (Lipinski definition) is 0. The third-order valence-electron chi connectivity index (χ3n) is 4.99. The van der Waals surface area contributed by atoms with Gasteiger partial charge in [-0.3, -0.25) is 6.08 Å². The fourth-order valence-corrected chi connectivity index (χ4v) is 4.18. The van der Waals surface area contributed by atoms with Crippen molar-refractivity contribution in [3.63, 3.8) is 0 Å². The maximum absolute atomic E-state index is 3.69. The Morgan fingerprint density at radius 1 is 0.690 bits per heavy atom. The molecule has 29 heavy (non-hydrogen) atoms. The molecule has 0 amide bonds. The van der Waals surface area contributed by atoms with Gasteiger partial charge in [0, 0.05) is 5.92 Å². The van der Waals surface area contributed by atoms with Crippen molar-refractivity contribution in [1.29, 1.82) is 0 Å². The molecule has 0 N–H and O–H groups in total. The maximum Gasteiger partial charge on any atom is 4.00 e. The van der Waals surface area contributed by atoms with Gasteiger partial charge in [-0.25, -0.2) is 5.57 Å². The molecule has 0 aliphatic heterocycles. The average molecular weight is 484 g/mol. The first-order chi connectivity index (χ1) is 11.8. The molecule has 0 spiro atoms. The Balaban J connectivity index is 0. The van der Waals surface area contributed by atoms with E-state index in [0.717, 1.165) is 6.42 Å². The van der Waals surface area contributed by atoms with Gasteiger partial charge in [0.05, 0.1) is 0 Å². The van der Waals surface area contributed by atoms with Crippen LogP contribution in [-0.4, -0.2) is 0 Å². The second-order valence-corrected chi connectivity index (χ2v) is 7.88. The largest absolute Gasteiger partial charge is 4.00 e. The molecule has 0 bridgehead atoms. The smallest absolute Gasteiger partial charge is 1.00 e. The van der Waals surface area contributed by atoms with Crippen LogP contribution in [0, 0.1) is 39.7 Å². The van der Waals surface area contributed by atoms with Gasteiger partial charge in [-0.1, -0.05) is 78.4 Å². The molecule has 3 rings (SSSR count). The average Bonchev–Trinajstić information content (AvgIpc) is 2.94. The van der Waals surface area contributed by atoms with Crippen LogP contribution in [0.4, 0.5) is 0 Å². The molecular weight excluding hydrogens is 455 g/mol. The molecule has 0 fully saturated rings. The minimum absolute atomic E-state index is 0. The summed E-state index contributed by atoms with van der Waals surface area (Å²) in [6.07, 6.45) is 6.99. The number of rotatable bonds is 4. The van der Waals surface area contributed by atoms with Gasteiger partial charge < -0.3 is 37.2 Å². The van der Waals surface area contributed by atoms with E-state index in [-0.39, 0.29) is 64.9 Å². The van der Waals surface area contributed by atoms with E-state index in [0.29, 0.717) is 5.92 Å². The summed E-state index contributed by atoms with van der Waals surface area (Å²) in [5.74, 6) is 0.803. The number of allylic oxidation sites excluding steroid dienone is 4. The van der Waals surface area contributed by atoms with Crippen molar-refractivity contribution in [1.82, 2.24) is 0 Å². The molecule has 0 saturated heterocycles. The zero-order valence-corrected chi connectivity index (χ0v) is 21.9. The van der Waals surface area contributed by atoms with Gasteiger partial charge in [-0.2, -0.15) is 11.6 Å². The van der Waals surface area contributed by atoms with Crippen LogP contribution in [0.15, 0.2) is 53.6 Å². The van der Waals surface area contributed by atoms with Crippen LogP contribution in [0.3, 0.4) is 0 Å². The van der Waals surface area contributed by atoms with Gasteiger partial charge in [-0.15, -0.1) is 6.42 Å². The minimum Gasteiger partial charge on any atom is -1.00 e. The molecule has 1 aliphatic rings. The van der Waals surface area contributed by atoms with Crippen LogP contribution >= 0.6 is 0 Å². The quantitative estimate of drug-likeness (QED) is 0.342. The van der Waals surface area contributed by atoms with Crippen LogP contribution in [-0.2, 0) is 21.7 Å². The van der Waals surface area contributed by atoms with Crippen LogP contribution in [0.2, 0.25) is 0 Å². The molecule has 0 nitrogen and oxygen atoms in total. The van der Waals surface area contributed by atoms with E-state index in [9.17, 15) is 0 Å². The summed E-state index contributed by atoms with van der Waals surface area (Å²) in [6.45, 7) is 13.4. The van der Waals surface area contributed by atoms with E-state index in [1.54, 1.807) is 0 Å². The Bertz CT molecular complexity index is 774. The molecule has 4 heteroatoms. The minimum atomic E-state index is 0. The van der Waals surface area contributed by atoms with E-state index >= 15 is 0 Å².